The van der Waals surface area contributed by atoms with Crippen LogP contribution in [0.1, 0.15) is 48.9 Å². The predicted molar refractivity (Wildman–Crippen MR) is 94.7 cm³/mol. The van der Waals surface area contributed by atoms with E-state index < -0.39 is 0 Å². The zero-order valence-electron chi connectivity index (χ0n) is 13.5. The monoisotopic (exact) mass is 344 g/mol. The van der Waals surface area contributed by atoms with Gasteiger partial charge in [0, 0.05) is 24.1 Å². The number of rotatable bonds is 6. The first-order valence-corrected chi connectivity index (χ1v) is 8.95. The summed E-state index contributed by atoms with van der Waals surface area (Å²) in [6.07, 6.45) is 5.05. The van der Waals surface area contributed by atoms with Crippen molar-refractivity contribution in [2.24, 2.45) is 0 Å². The number of hydrogen-bond acceptors (Lipinski definition) is 2. The maximum absolute atomic E-state index is 12.0. The van der Waals surface area contributed by atoms with Crippen molar-refractivity contribution >= 4 is 23.3 Å². The van der Waals surface area contributed by atoms with Crippen molar-refractivity contribution in [1.82, 2.24) is 15.1 Å². The van der Waals surface area contributed by atoms with Crippen molar-refractivity contribution in [1.29, 1.82) is 0 Å². The first-order valence-electron chi connectivity index (χ1n) is 8.58. The number of nitrogens with zero attached hydrogens (tertiary/aromatic N) is 2. The Morgan fingerprint density at radius 1 is 1.21 bits per heavy atom. The van der Waals surface area contributed by atoms with Crippen LogP contribution >= 0.6 is 11.6 Å². The third-order valence-corrected chi connectivity index (χ3v) is 4.88. The molecule has 1 aromatic heterocycles. The first-order chi connectivity index (χ1) is 11.7. The second kappa shape index (κ2) is 6.48. The molecule has 2 aliphatic carbocycles. The summed E-state index contributed by atoms with van der Waals surface area (Å²) in [7, 11) is 0. The van der Waals surface area contributed by atoms with Gasteiger partial charge >= 0.3 is 6.03 Å². The van der Waals surface area contributed by atoms with Gasteiger partial charge in [-0.1, -0.05) is 23.7 Å². The molecule has 2 aromatic rings. The molecule has 1 aromatic carbocycles. The molecule has 2 aliphatic rings. The summed E-state index contributed by atoms with van der Waals surface area (Å²) < 4.78 is 2.08. The molecule has 6 heteroatoms. The number of urea groups is 1. The Morgan fingerprint density at radius 2 is 1.96 bits per heavy atom. The van der Waals surface area contributed by atoms with Gasteiger partial charge in [0.2, 0.25) is 0 Å². The van der Waals surface area contributed by atoms with Gasteiger partial charge in [0.05, 0.1) is 22.9 Å². The summed E-state index contributed by atoms with van der Waals surface area (Å²) in [6.45, 7) is 1.25. The molecule has 0 saturated heterocycles. The highest BCUT2D eigenvalue weighted by Crippen LogP contribution is 2.44. The number of anilines is 1. The van der Waals surface area contributed by atoms with E-state index in [0.717, 1.165) is 0 Å². The van der Waals surface area contributed by atoms with Gasteiger partial charge in [-0.25, -0.2) is 4.79 Å². The molecule has 0 atom stereocenters. The Labute approximate surface area is 146 Å². The van der Waals surface area contributed by atoms with Crippen LogP contribution in [0.2, 0.25) is 5.02 Å². The lowest BCUT2D eigenvalue weighted by atomic mass is 10.2. The number of nitrogens with one attached hydrogen (secondary N) is 2. The fraction of sp³-hybridized carbons (Fsp3) is 0.444. The van der Waals surface area contributed by atoms with Crippen LogP contribution in [0, 0.1) is 0 Å². The maximum atomic E-state index is 12.0. The Morgan fingerprint density at radius 3 is 2.67 bits per heavy atom. The highest BCUT2D eigenvalue weighted by molar-refractivity contribution is 6.33. The zero-order chi connectivity index (χ0) is 16.5. The fourth-order valence-electron chi connectivity index (χ4n) is 2.92. The lowest BCUT2D eigenvalue weighted by molar-refractivity contribution is 0.251. The third-order valence-electron chi connectivity index (χ3n) is 4.55. The van der Waals surface area contributed by atoms with Crippen LogP contribution in [0.3, 0.4) is 0 Å². The SMILES string of the molecule is O=C(NCCn1nc(C2CC2)cc1C1CC1)Nc1ccccc1Cl. The highest BCUT2D eigenvalue weighted by atomic mass is 35.5. The quantitative estimate of drug-likeness (QED) is 0.828. The molecule has 2 fully saturated rings. The summed E-state index contributed by atoms with van der Waals surface area (Å²) in [5, 5.41) is 10.9. The maximum Gasteiger partial charge on any atom is 0.319 e. The smallest absolute Gasteiger partial charge is 0.319 e. The minimum absolute atomic E-state index is 0.245. The van der Waals surface area contributed by atoms with E-state index in [1.54, 1.807) is 12.1 Å². The second-order valence-corrected chi connectivity index (χ2v) is 7.03. The molecule has 1 heterocycles. The molecule has 2 N–H and O–H groups in total. The molecule has 0 unspecified atom stereocenters. The van der Waals surface area contributed by atoms with E-state index >= 15 is 0 Å². The molecule has 5 nitrogen and oxygen atoms in total. The molecule has 0 bridgehead atoms. The largest absolute Gasteiger partial charge is 0.336 e. The minimum atomic E-state index is -0.245. The predicted octanol–water partition coefficient (Wildman–Crippen LogP) is 4.11. The average molecular weight is 345 g/mol. The molecule has 2 saturated carbocycles. The van der Waals surface area contributed by atoms with Gasteiger partial charge in [0.25, 0.3) is 0 Å². The Bertz CT molecular complexity index is 749. The Hall–Kier alpha value is -2.01. The van der Waals surface area contributed by atoms with Gasteiger partial charge in [-0.05, 0) is 43.9 Å². The van der Waals surface area contributed by atoms with Crippen LogP contribution in [0.15, 0.2) is 30.3 Å². The van der Waals surface area contributed by atoms with Gasteiger partial charge in [-0.3, -0.25) is 4.68 Å². The molecule has 24 heavy (non-hydrogen) atoms. The van der Waals surface area contributed by atoms with Crippen molar-refractivity contribution in [3.8, 4) is 0 Å². The van der Waals surface area contributed by atoms with E-state index in [9.17, 15) is 4.79 Å². The van der Waals surface area contributed by atoms with Gasteiger partial charge < -0.3 is 10.6 Å². The fourth-order valence-corrected chi connectivity index (χ4v) is 3.10. The van der Waals surface area contributed by atoms with Crippen LogP contribution in [0.5, 0.6) is 0 Å². The molecule has 0 spiro atoms. The lowest BCUT2D eigenvalue weighted by Crippen LogP contribution is -2.32. The molecule has 0 radical (unpaired) electrons. The zero-order valence-corrected chi connectivity index (χ0v) is 14.2. The molecular formula is C18H21ClN4O. The van der Waals surface area contributed by atoms with Gasteiger partial charge in [0.15, 0.2) is 0 Å². The van der Waals surface area contributed by atoms with E-state index in [0.29, 0.717) is 35.6 Å². The summed E-state index contributed by atoms with van der Waals surface area (Å²) in [4.78, 5) is 12.0. The Kier molecular flexibility index (Phi) is 4.19. The second-order valence-electron chi connectivity index (χ2n) is 6.63. The lowest BCUT2D eigenvalue weighted by Gasteiger charge is -2.10. The number of para-hydroxylation sites is 1. The van der Waals surface area contributed by atoms with Crippen molar-refractivity contribution in [3.05, 3.63) is 46.7 Å². The highest BCUT2D eigenvalue weighted by Gasteiger charge is 2.32. The van der Waals surface area contributed by atoms with Crippen LogP contribution in [0.25, 0.3) is 0 Å². The minimum Gasteiger partial charge on any atom is -0.336 e. The van der Waals surface area contributed by atoms with E-state index in [-0.39, 0.29) is 6.03 Å². The number of hydrogen-bond donors (Lipinski definition) is 2. The number of carbonyl (C=O) groups excluding carboxylic acids is 1. The van der Waals surface area contributed by atoms with Crippen molar-refractivity contribution in [3.63, 3.8) is 0 Å². The van der Waals surface area contributed by atoms with E-state index in [2.05, 4.69) is 21.4 Å². The summed E-state index contributed by atoms with van der Waals surface area (Å²) in [6, 6.07) is 9.24. The van der Waals surface area contributed by atoms with Gasteiger partial charge in [-0.15, -0.1) is 0 Å². The first kappa shape index (κ1) is 15.5. The van der Waals surface area contributed by atoms with Gasteiger partial charge in [0.1, 0.15) is 0 Å². The number of aromatic nitrogens is 2. The molecule has 4 rings (SSSR count). The number of benzene rings is 1. The van der Waals surface area contributed by atoms with Crippen molar-refractivity contribution in [2.45, 2.75) is 44.1 Å². The van der Waals surface area contributed by atoms with Crippen molar-refractivity contribution in [2.75, 3.05) is 11.9 Å². The Balaban J connectivity index is 1.32. The van der Waals surface area contributed by atoms with Crippen LogP contribution in [-0.4, -0.2) is 22.4 Å². The summed E-state index contributed by atoms with van der Waals surface area (Å²) in [5.74, 6) is 1.34. The third kappa shape index (κ3) is 3.56. The molecular weight excluding hydrogens is 324 g/mol. The number of carbonyl (C=O) groups is 1. The number of halogens is 1. The van der Waals surface area contributed by atoms with E-state index in [1.807, 2.05) is 12.1 Å². The topological polar surface area (TPSA) is 59.0 Å². The van der Waals surface area contributed by atoms with Crippen LogP contribution in [-0.2, 0) is 6.54 Å². The molecule has 0 aliphatic heterocycles. The van der Waals surface area contributed by atoms with Gasteiger partial charge in [-0.2, -0.15) is 5.10 Å². The average Bonchev–Trinajstić information content (AvgIpc) is 3.48. The molecule has 2 amide bonds. The standard InChI is InChI=1S/C18H21ClN4O/c19-14-3-1-2-4-15(14)21-18(24)20-9-10-23-17(13-7-8-13)11-16(22-23)12-5-6-12/h1-4,11-13H,5-10H2,(H2,20,21,24). The van der Waals surface area contributed by atoms with Crippen LogP contribution < -0.4 is 10.6 Å². The number of amides is 2. The van der Waals surface area contributed by atoms with E-state index in [4.69, 9.17) is 16.7 Å². The molecule has 126 valence electrons. The van der Waals surface area contributed by atoms with Crippen molar-refractivity contribution < 1.29 is 4.79 Å². The normalized spacial score (nSPS) is 16.9. The van der Waals surface area contributed by atoms with Crippen LogP contribution in [0.4, 0.5) is 10.5 Å². The summed E-state index contributed by atoms with van der Waals surface area (Å²) >= 11 is 6.04. The summed E-state index contributed by atoms with van der Waals surface area (Å²) in [5.41, 5.74) is 3.19. The van der Waals surface area contributed by atoms with E-state index in [1.165, 1.54) is 37.1 Å².